The van der Waals surface area contributed by atoms with E-state index in [9.17, 15) is 4.79 Å². The summed E-state index contributed by atoms with van der Waals surface area (Å²) in [6.45, 7) is 11.6. The minimum absolute atomic E-state index is 0.0743. The van der Waals surface area contributed by atoms with Crippen LogP contribution >= 0.6 is 0 Å². The molecule has 25 heavy (non-hydrogen) atoms. The Morgan fingerprint density at radius 1 is 1.20 bits per heavy atom. The summed E-state index contributed by atoms with van der Waals surface area (Å²) in [6, 6.07) is 5.98. The van der Waals surface area contributed by atoms with Crippen LogP contribution in [0.1, 0.15) is 58.1 Å². The second kappa shape index (κ2) is 8.52. The standard InChI is InChI=1S/C21H31NO3/c1-16-9-10-18(11-12-20(23)22-13-7-6-8-14-22)19(15-16)24-17(2)25-21(3,4)5/h9-12,15,17H,6-8,13-14H2,1-5H3/b12-11+. The molecule has 1 unspecified atom stereocenters. The maximum Gasteiger partial charge on any atom is 0.246 e. The second-order valence-electron chi connectivity index (χ2n) is 7.68. The van der Waals surface area contributed by atoms with Crippen molar-refractivity contribution in [3.8, 4) is 5.75 Å². The van der Waals surface area contributed by atoms with Gasteiger partial charge in [0, 0.05) is 24.7 Å². The third kappa shape index (κ3) is 6.54. The first-order valence-electron chi connectivity index (χ1n) is 9.17. The molecule has 1 saturated heterocycles. The van der Waals surface area contributed by atoms with E-state index in [1.54, 1.807) is 6.08 Å². The van der Waals surface area contributed by atoms with Gasteiger partial charge in [-0.15, -0.1) is 0 Å². The van der Waals surface area contributed by atoms with E-state index >= 15 is 0 Å². The molecule has 0 bridgehead atoms. The predicted octanol–water partition coefficient (Wildman–Crippen LogP) is 4.56. The van der Waals surface area contributed by atoms with E-state index in [-0.39, 0.29) is 17.8 Å². The molecule has 4 nitrogen and oxygen atoms in total. The van der Waals surface area contributed by atoms with Gasteiger partial charge in [-0.25, -0.2) is 0 Å². The lowest BCUT2D eigenvalue weighted by atomic mass is 10.1. The van der Waals surface area contributed by atoms with Crippen molar-refractivity contribution < 1.29 is 14.3 Å². The summed E-state index contributed by atoms with van der Waals surface area (Å²) < 4.78 is 11.8. The van der Waals surface area contributed by atoms with Crippen molar-refractivity contribution in [3.63, 3.8) is 0 Å². The quantitative estimate of drug-likeness (QED) is 0.580. The molecule has 138 valence electrons. The zero-order valence-corrected chi connectivity index (χ0v) is 16.2. The fourth-order valence-electron chi connectivity index (χ4n) is 2.96. The molecule has 2 rings (SSSR count). The lowest BCUT2D eigenvalue weighted by Gasteiger charge is -2.26. The number of rotatable bonds is 5. The lowest BCUT2D eigenvalue weighted by molar-refractivity contribution is -0.140. The smallest absolute Gasteiger partial charge is 0.246 e. The van der Waals surface area contributed by atoms with Crippen molar-refractivity contribution in [1.29, 1.82) is 0 Å². The number of hydrogen-bond acceptors (Lipinski definition) is 3. The van der Waals surface area contributed by atoms with Crippen LogP contribution in [-0.2, 0) is 9.53 Å². The van der Waals surface area contributed by atoms with Crippen LogP contribution in [0.15, 0.2) is 24.3 Å². The van der Waals surface area contributed by atoms with Gasteiger partial charge in [-0.05, 0) is 71.6 Å². The Balaban J connectivity index is 2.09. The van der Waals surface area contributed by atoms with Gasteiger partial charge in [0.15, 0.2) is 6.29 Å². The van der Waals surface area contributed by atoms with Gasteiger partial charge < -0.3 is 14.4 Å². The van der Waals surface area contributed by atoms with E-state index in [1.807, 2.05) is 63.8 Å². The van der Waals surface area contributed by atoms with Crippen LogP contribution in [-0.4, -0.2) is 35.8 Å². The fraction of sp³-hybridized carbons (Fsp3) is 0.571. The highest BCUT2D eigenvalue weighted by Crippen LogP contribution is 2.25. The molecule has 1 amide bonds. The molecule has 0 radical (unpaired) electrons. The van der Waals surface area contributed by atoms with Crippen molar-refractivity contribution in [3.05, 3.63) is 35.4 Å². The van der Waals surface area contributed by atoms with E-state index in [2.05, 4.69) is 0 Å². The Hall–Kier alpha value is -1.81. The molecular weight excluding hydrogens is 314 g/mol. The highest BCUT2D eigenvalue weighted by atomic mass is 16.7. The summed E-state index contributed by atoms with van der Waals surface area (Å²) in [5, 5.41) is 0. The topological polar surface area (TPSA) is 38.8 Å². The van der Waals surface area contributed by atoms with Crippen molar-refractivity contribution in [2.24, 2.45) is 0 Å². The van der Waals surface area contributed by atoms with Gasteiger partial charge in [0.25, 0.3) is 0 Å². The van der Waals surface area contributed by atoms with Crippen LogP contribution in [0, 0.1) is 6.92 Å². The van der Waals surface area contributed by atoms with E-state index in [0.29, 0.717) is 0 Å². The van der Waals surface area contributed by atoms with Gasteiger partial charge in [-0.2, -0.15) is 0 Å². The maximum absolute atomic E-state index is 12.3. The number of carbonyl (C=O) groups is 1. The van der Waals surface area contributed by atoms with Gasteiger partial charge in [0.05, 0.1) is 5.60 Å². The first-order valence-corrected chi connectivity index (χ1v) is 9.17. The second-order valence-corrected chi connectivity index (χ2v) is 7.68. The van der Waals surface area contributed by atoms with Crippen LogP contribution in [0.2, 0.25) is 0 Å². The van der Waals surface area contributed by atoms with Crippen molar-refractivity contribution in [1.82, 2.24) is 4.90 Å². The normalized spacial score (nSPS) is 16.9. The summed E-state index contributed by atoms with van der Waals surface area (Å²) in [7, 11) is 0. The molecule has 1 heterocycles. The average molecular weight is 345 g/mol. The van der Waals surface area contributed by atoms with E-state index in [4.69, 9.17) is 9.47 Å². The molecule has 0 aromatic heterocycles. The fourth-order valence-corrected chi connectivity index (χ4v) is 2.96. The van der Waals surface area contributed by atoms with Crippen LogP contribution in [0.4, 0.5) is 0 Å². The number of ether oxygens (including phenoxy) is 2. The average Bonchev–Trinajstić information content (AvgIpc) is 2.53. The summed E-state index contributed by atoms with van der Waals surface area (Å²) in [5.41, 5.74) is 1.72. The number of hydrogen-bond donors (Lipinski definition) is 0. The van der Waals surface area contributed by atoms with Gasteiger partial charge in [-0.3, -0.25) is 4.79 Å². The Kier molecular flexibility index (Phi) is 6.65. The molecule has 1 aliphatic heterocycles. The molecule has 4 heteroatoms. The minimum Gasteiger partial charge on any atom is -0.465 e. The number of nitrogens with zero attached hydrogens (tertiary/aromatic N) is 1. The predicted molar refractivity (Wildman–Crippen MR) is 102 cm³/mol. The summed E-state index contributed by atoms with van der Waals surface area (Å²) in [6.07, 6.45) is 6.54. The molecule has 1 atom stereocenters. The summed E-state index contributed by atoms with van der Waals surface area (Å²) in [5.74, 6) is 0.810. The molecular formula is C21H31NO3. The lowest BCUT2D eigenvalue weighted by Crippen LogP contribution is -2.34. The SMILES string of the molecule is Cc1ccc(/C=C/C(=O)N2CCCCC2)c(OC(C)OC(C)(C)C)c1. The highest BCUT2D eigenvalue weighted by Gasteiger charge is 2.18. The maximum atomic E-state index is 12.3. The number of carbonyl (C=O) groups excluding carboxylic acids is 1. The first kappa shape index (κ1) is 19.5. The molecule has 1 aliphatic rings. The van der Waals surface area contributed by atoms with Crippen molar-refractivity contribution >= 4 is 12.0 Å². The number of likely N-dealkylation sites (tertiary alicyclic amines) is 1. The molecule has 0 spiro atoms. The number of amides is 1. The highest BCUT2D eigenvalue weighted by molar-refractivity contribution is 5.92. The molecule has 1 fully saturated rings. The number of aryl methyl sites for hydroxylation is 1. The number of benzene rings is 1. The van der Waals surface area contributed by atoms with E-state index in [1.165, 1.54) is 6.42 Å². The van der Waals surface area contributed by atoms with Gasteiger partial charge in [0.1, 0.15) is 5.75 Å². The van der Waals surface area contributed by atoms with E-state index < -0.39 is 0 Å². The summed E-state index contributed by atoms with van der Waals surface area (Å²) in [4.78, 5) is 14.2. The van der Waals surface area contributed by atoms with Crippen LogP contribution in [0.3, 0.4) is 0 Å². The minimum atomic E-state index is -0.369. The zero-order valence-electron chi connectivity index (χ0n) is 16.2. The third-order valence-corrected chi connectivity index (χ3v) is 4.05. The Bertz CT molecular complexity index is 610. The Labute approximate surface area is 151 Å². The summed E-state index contributed by atoms with van der Waals surface area (Å²) >= 11 is 0. The van der Waals surface area contributed by atoms with Crippen LogP contribution in [0.25, 0.3) is 6.08 Å². The monoisotopic (exact) mass is 345 g/mol. The van der Waals surface area contributed by atoms with Crippen LogP contribution in [0.5, 0.6) is 5.75 Å². The molecule has 0 aliphatic carbocycles. The van der Waals surface area contributed by atoms with Gasteiger partial charge in [0.2, 0.25) is 5.91 Å². The zero-order chi connectivity index (χ0) is 18.4. The Morgan fingerprint density at radius 3 is 2.52 bits per heavy atom. The van der Waals surface area contributed by atoms with Crippen molar-refractivity contribution in [2.75, 3.05) is 13.1 Å². The largest absolute Gasteiger partial charge is 0.465 e. The Morgan fingerprint density at radius 2 is 1.88 bits per heavy atom. The van der Waals surface area contributed by atoms with Gasteiger partial charge >= 0.3 is 0 Å². The van der Waals surface area contributed by atoms with Crippen LogP contribution < -0.4 is 4.74 Å². The molecule has 1 aromatic rings. The van der Waals surface area contributed by atoms with E-state index in [0.717, 1.165) is 42.8 Å². The van der Waals surface area contributed by atoms with Gasteiger partial charge in [-0.1, -0.05) is 12.1 Å². The molecule has 1 aromatic carbocycles. The van der Waals surface area contributed by atoms with Crippen molar-refractivity contribution in [2.45, 2.75) is 65.8 Å². The first-order chi connectivity index (χ1) is 11.7. The third-order valence-electron chi connectivity index (χ3n) is 4.05. The molecule has 0 N–H and O–H groups in total. The molecule has 0 saturated carbocycles. The number of piperidine rings is 1.